The highest BCUT2D eigenvalue weighted by Gasteiger charge is 2.21. The fraction of sp³-hybridized carbons (Fsp3) is 0.211. The number of aromatic nitrogens is 2. The Bertz CT molecular complexity index is 1060. The third-order valence-corrected chi connectivity index (χ3v) is 4.48. The molecule has 1 aromatic carbocycles. The van der Waals surface area contributed by atoms with Crippen molar-refractivity contribution >= 4 is 28.2 Å². The third kappa shape index (κ3) is 3.00. The number of pyridine rings is 1. The van der Waals surface area contributed by atoms with E-state index in [0.717, 1.165) is 33.7 Å². The Labute approximate surface area is 155 Å². The third-order valence-electron chi connectivity index (χ3n) is 4.48. The van der Waals surface area contributed by atoms with Gasteiger partial charge in [-0.25, -0.2) is 0 Å². The molecule has 0 spiro atoms. The standard InChI is InChI=1S/C19H18N6O2/c1-10(19(21)26)24-12-6-14-16-15(7-12)27-5-4-22-18(16)17(25-14)13-3-2-11(8-20)9-23-13/h2-3,6-7,9-10,22,24-25H,4-5H2,1H3,(H2,21,26)/t10-/m0/s1. The second kappa shape index (κ2) is 6.53. The summed E-state index contributed by atoms with van der Waals surface area (Å²) >= 11 is 0. The highest BCUT2D eigenvalue weighted by atomic mass is 16.5. The van der Waals surface area contributed by atoms with Crippen molar-refractivity contribution in [3.05, 3.63) is 36.0 Å². The minimum absolute atomic E-state index is 0.432. The summed E-state index contributed by atoms with van der Waals surface area (Å²) in [5.41, 5.74) is 9.88. The number of H-pyrrole nitrogens is 1. The lowest BCUT2D eigenvalue weighted by Crippen LogP contribution is -2.32. The van der Waals surface area contributed by atoms with Crippen molar-refractivity contribution in [2.45, 2.75) is 13.0 Å². The molecule has 136 valence electrons. The van der Waals surface area contributed by atoms with Crippen LogP contribution in [0, 0.1) is 11.3 Å². The van der Waals surface area contributed by atoms with Gasteiger partial charge in [-0.1, -0.05) is 0 Å². The molecule has 1 aliphatic heterocycles. The number of primary amides is 1. The monoisotopic (exact) mass is 362 g/mol. The molecule has 0 bridgehead atoms. The fourth-order valence-corrected chi connectivity index (χ4v) is 3.13. The number of hydrogen-bond donors (Lipinski definition) is 4. The van der Waals surface area contributed by atoms with Crippen molar-refractivity contribution in [3.63, 3.8) is 0 Å². The first-order valence-electron chi connectivity index (χ1n) is 8.55. The highest BCUT2D eigenvalue weighted by Crippen LogP contribution is 2.42. The summed E-state index contributed by atoms with van der Waals surface area (Å²) in [5.74, 6) is 0.279. The van der Waals surface area contributed by atoms with E-state index in [4.69, 9.17) is 15.7 Å². The second-order valence-electron chi connectivity index (χ2n) is 6.36. The van der Waals surface area contributed by atoms with Gasteiger partial charge in [0.05, 0.1) is 33.5 Å². The number of aromatic amines is 1. The van der Waals surface area contributed by atoms with Gasteiger partial charge in [0.15, 0.2) is 0 Å². The molecule has 0 saturated carbocycles. The number of carbonyl (C=O) groups excluding carboxylic acids is 1. The van der Waals surface area contributed by atoms with E-state index in [-0.39, 0.29) is 0 Å². The Morgan fingerprint density at radius 2 is 2.30 bits per heavy atom. The summed E-state index contributed by atoms with van der Waals surface area (Å²) in [6, 6.07) is 8.87. The lowest BCUT2D eigenvalue weighted by atomic mass is 10.1. The van der Waals surface area contributed by atoms with E-state index in [1.165, 1.54) is 0 Å². The molecular formula is C19H18N6O2. The van der Waals surface area contributed by atoms with Crippen LogP contribution in [0.5, 0.6) is 5.75 Å². The van der Waals surface area contributed by atoms with Crippen LogP contribution in [0.3, 0.4) is 0 Å². The molecule has 1 aliphatic rings. The van der Waals surface area contributed by atoms with Gasteiger partial charge in [0, 0.05) is 24.5 Å². The van der Waals surface area contributed by atoms with Crippen LogP contribution in [0.2, 0.25) is 0 Å². The predicted octanol–water partition coefficient (Wildman–Crippen LogP) is 2.19. The smallest absolute Gasteiger partial charge is 0.239 e. The Morgan fingerprint density at radius 1 is 1.44 bits per heavy atom. The summed E-state index contributed by atoms with van der Waals surface area (Å²) < 4.78 is 5.89. The van der Waals surface area contributed by atoms with Gasteiger partial charge in [0.2, 0.25) is 5.91 Å². The van der Waals surface area contributed by atoms with E-state index in [2.05, 4.69) is 26.7 Å². The molecule has 0 saturated heterocycles. The van der Waals surface area contributed by atoms with Crippen LogP contribution in [0.25, 0.3) is 22.3 Å². The average molecular weight is 362 g/mol. The molecule has 5 N–H and O–H groups in total. The number of anilines is 2. The van der Waals surface area contributed by atoms with E-state index in [9.17, 15) is 4.79 Å². The van der Waals surface area contributed by atoms with Gasteiger partial charge in [-0.2, -0.15) is 5.26 Å². The van der Waals surface area contributed by atoms with Crippen LogP contribution >= 0.6 is 0 Å². The Kier molecular flexibility index (Phi) is 4.05. The number of amides is 1. The maximum absolute atomic E-state index is 11.4. The molecule has 0 fully saturated rings. The Balaban J connectivity index is 1.85. The number of ether oxygens (including phenoxy) is 1. The number of carbonyl (C=O) groups is 1. The highest BCUT2D eigenvalue weighted by molar-refractivity contribution is 6.06. The number of nitrogens with two attached hydrogens (primary N) is 1. The molecule has 3 heterocycles. The number of nitrogens with zero attached hydrogens (tertiary/aromatic N) is 2. The van der Waals surface area contributed by atoms with Gasteiger partial charge >= 0.3 is 0 Å². The van der Waals surface area contributed by atoms with Crippen LogP contribution in [-0.4, -0.2) is 35.1 Å². The summed E-state index contributed by atoms with van der Waals surface area (Å²) in [6.07, 6.45) is 1.54. The van der Waals surface area contributed by atoms with Crippen molar-refractivity contribution in [3.8, 4) is 23.2 Å². The molecule has 1 amide bonds. The van der Waals surface area contributed by atoms with E-state index >= 15 is 0 Å². The average Bonchev–Trinajstić information content (AvgIpc) is 2.89. The minimum atomic E-state index is -0.507. The van der Waals surface area contributed by atoms with Gasteiger partial charge < -0.3 is 26.1 Å². The van der Waals surface area contributed by atoms with Crippen molar-refractivity contribution < 1.29 is 9.53 Å². The van der Waals surface area contributed by atoms with E-state index < -0.39 is 11.9 Å². The van der Waals surface area contributed by atoms with E-state index in [0.29, 0.717) is 24.5 Å². The zero-order valence-electron chi connectivity index (χ0n) is 14.7. The number of nitriles is 1. The van der Waals surface area contributed by atoms with Crippen molar-refractivity contribution in [2.75, 3.05) is 23.8 Å². The van der Waals surface area contributed by atoms with Gasteiger partial charge in [0.1, 0.15) is 24.5 Å². The molecule has 0 aliphatic carbocycles. The van der Waals surface area contributed by atoms with Gasteiger partial charge in [-0.05, 0) is 25.1 Å². The maximum Gasteiger partial charge on any atom is 0.239 e. The van der Waals surface area contributed by atoms with Gasteiger partial charge in [0.25, 0.3) is 0 Å². The molecule has 4 rings (SSSR count). The number of rotatable bonds is 4. The zero-order valence-corrected chi connectivity index (χ0v) is 14.7. The van der Waals surface area contributed by atoms with Gasteiger partial charge in [-0.15, -0.1) is 0 Å². The molecular weight excluding hydrogens is 344 g/mol. The summed E-state index contributed by atoms with van der Waals surface area (Å²) in [5, 5.41) is 16.4. The first-order valence-corrected chi connectivity index (χ1v) is 8.55. The van der Waals surface area contributed by atoms with E-state index in [1.807, 2.05) is 12.1 Å². The number of benzene rings is 1. The summed E-state index contributed by atoms with van der Waals surface area (Å²) in [6.45, 7) is 2.86. The molecule has 3 aromatic rings. The molecule has 0 radical (unpaired) electrons. The minimum Gasteiger partial charge on any atom is -0.491 e. The maximum atomic E-state index is 11.4. The summed E-state index contributed by atoms with van der Waals surface area (Å²) in [4.78, 5) is 19.1. The predicted molar refractivity (Wildman–Crippen MR) is 103 cm³/mol. The topological polar surface area (TPSA) is 129 Å². The van der Waals surface area contributed by atoms with Crippen molar-refractivity contribution in [2.24, 2.45) is 5.73 Å². The largest absolute Gasteiger partial charge is 0.491 e. The zero-order chi connectivity index (χ0) is 19.0. The SMILES string of the molecule is C[C@H](Nc1cc2c3c(c(-c4ccc(C#N)cn4)[nH]c3c1)NCCO2)C(N)=O. The number of hydrogen-bond acceptors (Lipinski definition) is 6. The van der Waals surface area contributed by atoms with Crippen LogP contribution in [0.4, 0.5) is 11.4 Å². The molecule has 1 atom stereocenters. The van der Waals surface area contributed by atoms with Crippen LogP contribution in [-0.2, 0) is 4.79 Å². The first-order chi connectivity index (χ1) is 13.1. The molecule has 2 aromatic heterocycles. The Hall–Kier alpha value is -3.73. The Morgan fingerprint density at radius 3 is 3.00 bits per heavy atom. The van der Waals surface area contributed by atoms with E-state index in [1.54, 1.807) is 25.3 Å². The first kappa shape index (κ1) is 16.7. The lowest BCUT2D eigenvalue weighted by molar-refractivity contribution is -0.118. The normalized spacial score (nSPS) is 13.8. The van der Waals surface area contributed by atoms with Crippen molar-refractivity contribution in [1.82, 2.24) is 9.97 Å². The lowest BCUT2D eigenvalue weighted by Gasteiger charge is -2.13. The van der Waals surface area contributed by atoms with Crippen LogP contribution in [0.15, 0.2) is 30.5 Å². The quantitative estimate of drug-likeness (QED) is 0.563. The molecule has 0 unspecified atom stereocenters. The van der Waals surface area contributed by atoms with Gasteiger partial charge in [-0.3, -0.25) is 9.78 Å². The molecule has 27 heavy (non-hydrogen) atoms. The fourth-order valence-electron chi connectivity index (χ4n) is 3.13. The molecule has 8 heteroatoms. The summed E-state index contributed by atoms with van der Waals surface area (Å²) in [7, 11) is 0. The number of nitrogens with one attached hydrogen (secondary N) is 3. The van der Waals surface area contributed by atoms with Crippen LogP contribution < -0.4 is 21.1 Å². The second-order valence-corrected chi connectivity index (χ2v) is 6.36. The van der Waals surface area contributed by atoms with Crippen molar-refractivity contribution in [1.29, 1.82) is 5.26 Å². The van der Waals surface area contributed by atoms with Crippen LogP contribution in [0.1, 0.15) is 12.5 Å². The molecule has 8 nitrogen and oxygen atoms in total.